The second kappa shape index (κ2) is 5.46. The molecule has 0 spiro atoms. The van der Waals surface area contributed by atoms with Crippen LogP contribution in [0.5, 0.6) is 0 Å². The zero-order valence-electron chi connectivity index (χ0n) is 9.99. The van der Waals surface area contributed by atoms with Gasteiger partial charge in [0.1, 0.15) is 0 Å². The van der Waals surface area contributed by atoms with Gasteiger partial charge in [0.25, 0.3) is 0 Å². The van der Waals surface area contributed by atoms with Crippen molar-refractivity contribution in [2.75, 3.05) is 0 Å². The molecule has 0 unspecified atom stereocenters. The maximum Gasteiger partial charge on any atom is 0.0932 e. The Bertz CT molecular complexity index is 329. The summed E-state index contributed by atoms with van der Waals surface area (Å²) >= 11 is 0. The van der Waals surface area contributed by atoms with E-state index in [2.05, 4.69) is 31.2 Å². The minimum Gasteiger partial charge on any atom is -0.300 e. The lowest BCUT2D eigenvalue weighted by atomic mass is 9.78. The lowest BCUT2D eigenvalue weighted by Gasteiger charge is -2.27. The summed E-state index contributed by atoms with van der Waals surface area (Å²) in [5, 5.41) is 0. The van der Waals surface area contributed by atoms with Gasteiger partial charge in [0, 0.05) is 0 Å². The van der Waals surface area contributed by atoms with E-state index in [1.165, 1.54) is 36.8 Å². The van der Waals surface area contributed by atoms with Gasteiger partial charge in [-0.3, -0.25) is 4.84 Å². The molecule has 1 saturated carbocycles. The number of rotatable bonds is 3. The maximum absolute atomic E-state index is 5.18. The van der Waals surface area contributed by atoms with E-state index in [0.717, 1.165) is 5.92 Å². The van der Waals surface area contributed by atoms with Gasteiger partial charge in [-0.1, -0.05) is 44.0 Å². The molecule has 0 atom stereocenters. The van der Waals surface area contributed by atoms with Crippen LogP contribution in [0.25, 0.3) is 0 Å². The van der Waals surface area contributed by atoms with Crippen LogP contribution >= 0.6 is 0 Å². The highest BCUT2D eigenvalue weighted by Gasteiger charge is 2.21. The predicted molar refractivity (Wildman–Crippen MR) is 65.8 cm³/mol. The maximum atomic E-state index is 5.18. The van der Waals surface area contributed by atoms with E-state index < -0.39 is 0 Å². The van der Waals surface area contributed by atoms with Crippen molar-refractivity contribution in [3.05, 3.63) is 35.4 Å². The second-order valence-corrected chi connectivity index (χ2v) is 4.97. The Morgan fingerprint density at radius 2 is 1.88 bits per heavy atom. The summed E-state index contributed by atoms with van der Waals surface area (Å²) in [5.41, 5.74) is 2.70. The fraction of sp³-hybridized carbons (Fsp3) is 0.571. The van der Waals surface area contributed by atoms with Crippen LogP contribution in [0.15, 0.2) is 24.3 Å². The molecular weight excluding hydrogens is 198 g/mol. The standard InChI is InChI=1S/C14H21NO/c1-11-6-8-12(9-7-11)14-5-3-2-4-13(14)10-16-15/h2-5,11-12H,6-10,15H2,1H3. The number of benzene rings is 1. The SMILES string of the molecule is CC1CCC(c2ccccc2CON)CC1. The Balaban J connectivity index is 2.13. The van der Waals surface area contributed by atoms with E-state index >= 15 is 0 Å². The number of nitrogens with two attached hydrogens (primary N) is 1. The van der Waals surface area contributed by atoms with Gasteiger partial charge < -0.3 is 0 Å². The third-order valence-corrected chi connectivity index (χ3v) is 3.75. The molecule has 16 heavy (non-hydrogen) atoms. The van der Waals surface area contributed by atoms with Gasteiger partial charge in [-0.15, -0.1) is 0 Å². The smallest absolute Gasteiger partial charge is 0.0932 e. The fourth-order valence-corrected chi connectivity index (χ4v) is 2.72. The number of hydrogen-bond acceptors (Lipinski definition) is 2. The molecule has 1 fully saturated rings. The summed E-state index contributed by atoms with van der Waals surface area (Å²) in [6, 6.07) is 8.53. The van der Waals surface area contributed by atoms with Crippen molar-refractivity contribution in [1.82, 2.24) is 0 Å². The van der Waals surface area contributed by atoms with Gasteiger partial charge in [-0.25, -0.2) is 5.90 Å². The van der Waals surface area contributed by atoms with E-state index in [1.54, 1.807) is 0 Å². The molecule has 2 N–H and O–H groups in total. The molecule has 0 bridgehead atoms. The summed E-state index contributed by atoms with van der Waals surface area (Å²) in [6.07, 6.45) is 5.32. The Morgan fingerprint density at radius 1 is 1.19 bits per heavy atom. The normalized spacial score (nSPS) is 25.6. The van der Waals surface area contributed by atoms with Crippen LogP contribution in [0.4, 0.5) is 0 Å². The zero-order valence-corrected chi connectivity index (χ0v) is 9.99. The van der Waals surface area contributed by atoms with Crippen LogP contribution in [0.2, 0.25) is 0 Å². The van der Waals surface area contributed by atoms with Crippen molar-refractivity contribution >= 4 is 0 Å². The van der Waals surface area contributed by atoms with E-state index in [4.69, 9.17) is 10.7 Å². The summed E-state index contributed by atoms with van der Waals surface area (Å²) in [6.45, 7) is 2.88. The van der Waals surface area contributed by atoms with Gasteiger partial charge in [0.2, 0.25) is 0 Å². The summed E-state index contributed by atoms with van der Waals surface area (Å²) in [4.78, 5) is 4.78. The molecule has 0 radical (unpaired) electrons. The molecule has 1 aliphatic carbocycles. The van der Waals surface area contributed by atoms with Crippen LogP contribution in [0.3, 0.4) is 0 Å². The third kappa shape index (κ3) is 2.63. The first-order valence-corrected chi connectivity index (χ1v) is 6.20. The first-order valence-electron chi connectivity index (χ1n) is 6.20. The monoisotopic (exact) mass is 219 g/mol. The van der Waals surface area contributed by atoms with Gasteiger partial charge in [0.05, 0.1) is 6.61 Å². The largest absolute Gasteiger partial charge is 0.300 e. The number of hydrogen-bond donors (Lipinski definition) is 1. The van der Waals surface area contributed by atoms with E-state index in [9.17, 15) is 0 Å². The van der Waals surface area contributed by atoms with Crippen molar-refractivity contribution in [2.45, 2.75) is 45.1 Å². The lowest BCUT2D eigenvalue weighted by Crippen LogP contribution is -2.13. The molecular formula is C14H21NO. The predicted octanol–water partition coefficient (Wildman–Crippen LogP) is 3.37. The highest BCUT2D eigenvalue weighted by molar-refractivity contribution is 5.30. The summed E-state index contributed by atoms with van der Waals surface area (Å²) in [7, 11) is 0. The zero-order chi connectivity index (χ0) is 11.4. The molecule has 2 heteroatoms. The molecule has 2 rings (SSSR count). The van der Waals surface area contributed by atoms with Gasteiger partial charge in [-0.2, -0.15) is 0 Å². The fourth-order valence-electron chi connectivity index (χ4n) is 2.72. The first-order chi connectivity index (χ1) is 7.81. The molecule has 0 heterocycles. The Morgan fingerprint density at radius 3 is 2.56 bits per heavy atom. The highest BCUT2D eigenvalue weighted by Crippen LogP contribution is 2.36. The van der Waals surface area contributed by atoms with Crippen LogP contribution in [-0.4, -0.2) is 0 Å². The van der Waals surface area contributed by atoms with Crippen molar-refractivity contribution in [3.63, 3.8) is 0 Å². The molecule has 2 nitrogen and oxygen atoms in total. The van der Waals surface area contributed by atoms with E-state index in [-0.39, 0.29) is 0 Å². The summed E-state index contributed by atoms with van der Waals surface area (Å²) in [5.74, 6) is 6.79. The van der Waals surface area contributed by atoms with Crippen LogP contribution in [0.1, 0.15) is 49.7 Å². The van der Waals surface area contributed by atoms with Crippen molar-refractivity contribution in [2.24, 2.45) is 11.8 Å². The topological polar surface area (TPSA) is 35.2 Å². The van der Waals surface area contributed by atoms with Crippen LogP contribution in [0, 0.1) is 5.92 Å². The van der Waals surface area contributed by atoms with Crippen LogP contribution < -0.4 is 5.90 Å². The van der Waals surface area contributed by atoms with Gasteiger partial charge >= 0.3 is 0 Å². The highest BCUT2D eigenvalue weighted by atomic mass is 16.6. The molecule has 1 aromatic carbocycles. The van der Waals surface area contributed by atoms with Crippen LogP contribution in [-0.2, 0) is 11.4 Å². The minimum absolute atomic E-state index is 0.530. The third-order valence-electron chi connectivity index (χ3n) is 3.75. The molecule has 1 aliphatic rings. The Kier molecular flexibility index (Phi) is 3.97. The van der Waals surface area contributed by atoms with E-state index in [0.29, 0.717) is 12.5 Å². The quantitative estimate of drug-likeness (QED) is 0.791. The first kappa shape index (κ1) is 11.6. The summed E-state index contributed by atoms with van der Waals surface area (Å²) < 4.78 is 0. The molecule has 0 saturated heterocycles. The van der Waals surface area contributed by atoms with E-state index in [1.807, 2.05) is 0 Å². The lowest BCUT2D eigenvalue weighted by molar-refractivity contribution is 0.123. The molecule has 0 aliphatic heterocycles. The molecule has 1 aromatic rings. The average molecular weight is 219 g/mol. The Labute approximate surface area is 97.8 Å². The van der Waals surface area contributed by atoms with Crippen molar-refractivity contribution in [1.29, 1.82) is 0 Å². The van der Waals surface area contributed by atoms with Gasteiger partial charge in [0.15, 0.2) is 0 Å². The molecule has 0 amide bonds. The minimum atomic E-state index is 0.530. The molecule has 88 valence electrons. The van der Waals surface area contributed by atoms with Crippen molar-refractivity contribution < 1.29 is 4.84 Å². The second-order valence-electron chi connectivity index (χ2n) is 4.97. The molecule has 0 aromatic heterocycles. The van der Waals surface area contributed by atoms with Gasteiger partial charge in [-0.05, 0) is 35.8 Å². The Hall–Kier alpha value is -0.860. The average Bonchev–Trinajstić information content (AvgIpc) is 2.32. The van der Waals surface area contributed by atoms with Crippen molar-refractivity contribution in [3.8, 4) is 0 Å².